The number of nitrogens with zero attached hydrogens (tertiary/aromatic N) is 1. The molecule has 16 heavy (non-hydrogen) atoms. The number of carbonyl (C=O) groups excluding carboxylic acids is 1. The minimum Gasteiger partial charge on any atom is -0.500 e. The summed E-state index contributed by atoms with van der Waals surface area (Å²) in [7, 11) is 0.981. The predicted octanol–water partition coefficient (Wildman–Crippen LogP) is 0.266. The average molecular weight is 227 g/mol. The summed E-state index contributed by atoms with van der Waals surface area (Å²) in [5.41, 5.74) is 0.511. The Morgan fingerprint density at radius 2 is 2.31 bits per heavy atom. The lowest BCUT2D eigenvalue weighted by Gasteiger charge is -2.29. The Kier molecular flexibility index (Phi) is 4.83. The van der Waals surface area contributed by atoms with E-state index in [0.29, 0.717) is 37.4 Å². The average Bonchev–Trinajstić information content (AvgIpc) is 2.28. The Labute approximate surface area is 96.2 Å². The Hall–Kier alpha value is -1.01. The normalized spacial score (nSPS) is 17.2. The maximum absolute atomic E-state index is 11.7. The van der Waals surface area contributed by atoms with Gasteiger partial charge >= 0.3 is 13.0 Å². The Morgan fingerprint density at radius 1 is 1.62 bits per heavy atom. The molecule has 1 aliphatic rings. The molecule has 0 unspecified atom stereocenters. The van der Waals surface area contributed by atoms with Crippen LogP contribution >= 0.6 is 0 Å². The molecule has 0 aromatic heterocycles. The van der Waals surface area contributed by atoms with E-state index in [9.17, 15) is 9.82 Å². The molecule has 0 saturated carbocycles. The molecule has 0 amide bonds. The van der Waals surface area contributed by atoms with E-state index in [2.05, 4.69) is 0 Å². The van der Waals surface area contributed by atoms with Crippen molar-refractivity contribution in [2.24, 2.45) is 0 Å². The number of carbonyl (C=O) groups is 1. The molecule has 1 N–H and O–H groups in total. The molecule has 0 aromatic rings. The predicted molar refractivity (Wildman–Crippen MR) is 60.7 cm³/mol. The molecule has 1 aliphatic heterocycles. The van der Waals surface area contributed by atoms with Gasteiger partial charge in [-0.05, 0) is 20.3 Å². The Balaban J connectivity index is 2.81. The third kappa shape index (κ3) is 2.99. The van der Waals surface area contributed by atoms with Gasteiger partial charge in [0.05, 0.1) is 19.3 Å². The zero-order valence-corrected chi connectivity index (χ0v) is 10.0. The van der Waals surface area contributed by atoms with E-state index in [1.54, 1.807) is 25.7 Å². The lowest BCUT2D eigenvalue weighted by atomic mass is 9.82. The van der Waals surface area contributed by atoms with Crippen molar-refractivity contribution in [3.8, 4) is 0 Å². The number of esters is 1. The van der Waals surface area contributed by atoms with Crippen LogP contribution in [0.4, 0.5) is 0 Å². The number of rotatable bonds is 4. The SMILES string of the molecule is CCOC(=O)C1=C(OC)CCN(B(C)O)C1. The zero-order chi connectivity index (χ0) is 12.1. The van der Waals surface area contributed by atoms with E-state index in [1.165, 1.54) is 0 Å². The molecular formula is C10H18BNO4. The first kappa shape index (κ1) is 13.1. The van der Waals surface area contributed by atoms with Crippen molar-refractivity contribution < 1.29 is 19.3 Å². The molecule has 0 saturated heterocycles. The maximum Gasteiger partial charge on any atom is 0.376 e. The van der Waals surface area contributed by atoms with Crippen LogP contribution in [0.25, 0.3) is 0 Å². The van der Waals surface area contributed by atoms with E-state index in [1.807, 2.05) is 0 Å². The highest BCUT2D eigenvalue weighted by Crippen LogP contribution is 2.20. The van der Waals surface area contributed by atoms with Crippen molar-refractivity contribution in [3.05, 3.63) is 11.3 Å². The minimum atomic E-state index is -0.567. The standard InChI is InChI=1S/C10H18BNO4/c1-4-16-10(13)8-7-12(11(2)14)6-5-9(8)15-3/h14H,4-7H2,1-3H3. The number of methoxy groups -OCH3 is 1. The minimum absolute atomic E-state index is 0.341. The van der Waals surface area contributed by atoms with Crippen molar-refractivity contribution >= 4 is 13.0 Å². The summed E-state index contributed by atoms with van der Waals surface area (Å²) in [6.07, 6.45) is 0.621. The highest BCUT2D eigenvalue weighted by Gasteiger charge is 2.28. The fraction of sp³-hybridized carbons (Fsp3) is 0.700. The van der Waals surface area contributed by atoms with Gasteiger partial charge in [0.1, 0.15) is 5.76 Å². The first-order valence-corrected chi connectivity index (χ1v) is 5.45. The molecule has 90 valence electrons. The van der Waals surface area contributed by atoms with E-state index in [4.69, 9.17) is 9.47 Å². The van der Waals surface area contributed by atoms with Crippen LogP contribution in [0.5, 0.6) is 0 Å². The molecule has 0 aliphatic carbocycles. The summed E-state index contributed by atoms with van der Waals surface area (Å²) in [5.74, 6) is 0.306. The molecular weight excluding hydrogens is 209 g/mol. The Bertz CT molecular complexity index is 291. The smallest absolute Gasteiger partial charge is 0.376 e. The molecule has 0 bridgehead atoms. The van der Waals surface area contributed by atoms with Gasteiger partial charge in [-0.25, -0.2) is 4.79 Å². The highest BCUT2D eigenvalue weighted by atomic mass is 16.5. The third-order valence-corrected chi connectivity index (χ3v) is 2.62. The Morgan fingerprint density at radius 3 is 2.81 bits per heavy atom. The molecule has 0 atom stereocenters. The molecule has 0 aromatic carbocycles. The second kappa shape index (κ2) is 5.91. The van der Waals surface area contributed by atoms with Crippen LogP contribution in [0.3, 0.4) is 0 Å². The number of hydrogen-bond acceptors (Lipinski definition) is 5. The van der Waals surface area contributed by atoms with Crippen LogP contribution in [-0.4, -0.2) is 49.7 Å². The molecule has 1 rings (SSSR count). The first-order valence-electron chi connectivity index (χ1n) is 5.45. The maximum atomic E-state index is 11.7. The van der Waals surface area contributed by atoms with Crippen molar-refractivity contribution in [2.45, 2.75) is 20.2 Å². The second-order valence-corrected chi connectivity index (χ2v) is 3.68. The molecule has 0 spiro atoms. The van der Waals surface area contributed by atoms with Crippen molar-refractivity contribution in [2.75, 3.05) is 26.8 Å². The van der Waals surface area contributed by atoms with E-state index < -0.39 is 7.05 Å². The van der Waals surface area contributed by atoms with Gasteiger partial charge in [0.25, 0.3) is 0 Å². The molecule has 0 fully saturated rings. The van der Waals surface area contributed by atoms with Crippen molar-refractivity contribution in [3.63, 3.8) is 0 Å². The molecule has 1 heterocycles. The summed E-state index contributed by atoms with van der Waals surface area (Å²) in [6.45, 7) is 4.85. The summed E-state index contributed by atoms with van der Waals surface area (Å²) in [6, 6.07) is 0. The van der Waals surface area contributed by atoms with Gasteiger partial charge in [0.15, 0.2) is 0 Å². The van der Waals surface area contributed by atoms with Gasteiger partial charge in [-0.15, -0.1) is 0 Å². The van der Waals surface area contributed by atoms with Crippen LogP contribution in [-0.2, 0) is 14.3 Å². The van der Waals surface area contributed by atoms with Crippen LogP contribution < -0.4 is 0 Å². The first-order chi connectivity index (χ1) is 7.60. The largest absolute Gasteiger partial charge is 0.500 e. The van der Waals surface area contributed by atoms with Gasteiger partial charge in [-0.2, -0.15) is 0 Å². The van der Waals surface area contributed by atoms with E-state index in [-0.39, 0.29) is 5.97 Å². The highest BCUT2D eigenvalue weighted by molar-refractivity contribution is 6.45. The van der Waals surface area contributed by atoms with E-state index in [0.717, 1.165) is 0 Å². The van der Waals surface area contributed by atoms with Gasteiger partial charge in [0.2, 0.25) is 0 Å². The summed E-state index contributed by atoms with van der Waals surface area (Å²) < 4.78 is 10.1. The third-order valence-electron chi connectivity index (χ3n) is 2.62. The zero-order valence-electron chi connectivity index (χ0n) is 10.0. The fourth-order valence-corrected chi connectivity index (χ4v) is 1.71. The van der Waals surface area contributed by atoms with Gasteiger partial charge in [0, 0.05) is 13.0 Å². The lowest BCUT2D eigenvalue weighted by Crippen LogP contribution is -2.43. The van der Waals surface area contributed by atoms with Gasteiger partial charge in [-0.1, -0.05) is 0 Å². The van der Waals surface area contributed by atoms with Crippen molar-refractivity contribution in [1.29, 1.82) is 0 Å². The van der Waals surface area contributed by atoms with Crippen LogP contribution in [0.1, 0.15) is 13.3 Å². The van der Waals surface area contributed by atoms with Gasteiger partial charge < -0.3 is 19.3 Å². The van der Waals surface area contributed by atoms with Gasteiger partial charge in [-0.3, -0.25) is 0 Å². The number of hydrogen-bond donors (Lipinski definition) is 1. The quantitative estimate of drug-likeness (QED) is 0.551. The summed E-state index contributed by atoms with van der Waals surface area (Å²) >= 11 is 0. The topological polar surface area (TPSA) is 59.0 Å². The van der Waals surface area contributed by atoms with E-state index >= 15 is 0 Å². The van der Waals surface area contributed by atoms with Crippen molar-refractivity contribution in [1.82, 2.24) is 4.81 Å². The summed E-state index contributed by atoms with van der Waals surface area (Å²) in [4.78, 5) is 13.5. The van der Waals surface area contributed by atoms with Crippen LogP contribution in [0.2, 0.25) is 6.82 Å². The molecule has 5 nitrogen and oxygen atoms in total. The lowest BCUT2D eigenvalue weighted by molar-refractivity contribution is -0.139. The fourth-order valence-electron chi connectivity index (χ4n) is 1.71. The monoisotopic (exact) mass is 227 g/mol. The molecule has 0 radical (unpaired) electrons. The molecule has 6 heteroatoms. The van der Waals surface area contributed by atoms with Crippen LogP contribution in [0.15, 0.2) is 11.3 Å². The second-order valence-electron chi connectivity index (χ2n) is 3.68. The number of ether oxygens (including phenoxy) is 2. The summed E-state index contributed by atoms with van der Waals surface area (Å²) in [5, 5.41) is 9.48. The van der Waals surface area contributed by atoms with Crippen LogP contribution in [0, 0.1) is 0 Å².